The zero-order valence-corrected chi connectivity index (χ0v) is 12.4. The maximum Gasteiger partial charge on any atom is 0.00247 e. The normalized spacial score (nSPS) is 17.9. The van der Waals surface area contributed by atoms with Crippen LogP contribution in [-0.2, 0) is 0 Å². The number of halogens is 2. The summed E-state index contributed by atoms with van der Waals surface area (Å²) >= 11 is 0. The van der Waals surface area contributed by atoms with Crippen molar-refractivity contribution in [2.75, 3.05) is 0 Å². The van der Waals surface area contributed by atoms with Gasteiger partial charge in [0.05, 0.1) is 0 Å². The Labute approximate surface area is 117 Å². The summed E-state index contributed by atoms with van der Waals surface area (Å²) in [5.74, 6) is 1.34. The standard InChI is InChI=1S/C15H20.2ClH/c1-4-11(3)14-9-8-13-7-6-12(5-2)15(13)10-14;;/h6-12H,4-5H2,1-3H3;2*1H. The Balaban J connectivity index is 0.00000128. The van der Waals surface area contributed by atoms with Crippen LogP contribution in [0.5, 0.6) is 0 Å². The first-order valence-corrected chi connectivity index (χ1v) is 6.08. The molecule has 0 spiro atoms. The predicted octanol–water partition coefficient (Wildman–Crippen LogP) is 5.56. The van der Waals surface area contributed by atoms with Gasteiger partial charge in [-0.1, -0.05) is 51.1 Å². The summed E-state index contributed by atoms with van der Waals surface area (Å²) in [5.41, 5.74) is 4.46. The third kappa shape index (κ3) is 3.26. The molecule has 2 heteroatoms. The molecule has 0 saturated heterocycles. The summed E-state index contributed by atoms with van der Waals surface area (Å²) in [5, 5.41) is 0. The molecule has 17 heavy (non-hydrogen) atoms. The van der Waals surface area contributed by atoms with Gasteiger partial charge in [-0.3, -0.25) is 0 Å². The number of allylic oxidation sites excluding steroid dienone is 1. The van der Waals surface area contributed by atoms with E-state index in [4.69, 9.17) is 0 Å². The van der Waals surface area contributed by atoms with Gasteiger partial charge in [-0.25, -0.2) is 0 Å². The molecule has 0 aliphatic heterocycles. The summed E-state index contributed by atoms with van der Waals surface area (Å²) in [6.45, 7) is 6.83. The molecule has 0 radical (unpaired) electrons. The van der Waals surface area contributed by atoms with Gasteiger partial charge in [-0.05, 0) is 35.4 Å². The first kappa shape index (κ1) is 16.5. The molecule has 0 saturated carbocycles. The zero-order chi connectivity index (χ0) is 10.8. The van der Waals surface area contributed by atoms with E-state index in [1.54, 1.807) is 0 Å². The number of rotatable bonds is 3. The van der Waals surface area contributed by atoms with Crippen molar-refractivity contribution in [3.8, 4) is 0 Å². The zero-order valence-electron chi connectivity index (χ0n) is 10.8. The molecule has 2 unspecified atom stereocenters. The van der Waals surface area contributed by atoms with Gasteiger partial charge >= 0.3 is 0 Å². The van der Waals surface area contributed by atoms with Crippen molar-refractivity contribution in [3.05, 3.63) is 41.0 Å². The fourth-order valence-corrected chi connectivity index (χ4v) is 2.29. The van der Waals surface area contributed by atoms with Crippen molar-refractivity contribution >= 4 is 30.9 Å². The fraction of sp³-hybridized carbons (Fsp3) is 0.467. The van der Waals surface area contributed by atoms with Crippen molar-refractivity contribution in [1.29, 1.82) is 0 Å². The van der Waals surface area contributed by atoms with Gasteiger partial charge in [-0.2, -0.15) is 0 Å². The van der Waals surface area contributed by atoms with E-state index in [1.807, 2.05) is 0 Å². The maximum absolute atomic E-state index is 2.41. The second kappa shape index (κ2) is 7.08. The molecule has 1 aromatic carbocycles. The average molecular weight is 273 g/mol. The molecule has 0 heterocycles. The topological polar surface area (TPSA) is 0 Å². The van der Waals surface area contributed by atoms with Crippen molar-refractivity contribution in [2.45, 2.75) is 45.4 Å². The number of hydrogen-bond donors (Lipinski definition) is 0. The highest BCUT2D eigenvalue weighted by Gasteiger charge is 2.16. The lowest BCUT2D eigenvalue weighted by atomic mass is 9.91. The van der Waals surface area contributed by atoms with Crippen LogP contribution in [0.25, 0.3) is 6.08 Å². The SMILES string of the molecule is CCC(C)c1ccc2c(c1)C(CC)C=C2.Cl.Cl. The molecule has 2 atom stereocenters. The molecule has 0 nitrogen and oxygen atoms in total. The summed E-state index contributed by atoms with van der Waals surface area (Å²) in [6.07, 6.45) is 7.05. The smallest absolute Gasteiger partial charge is 0.00247 e. The van der Waals surface area contributed by atoms with Gasteiger partial charge in [0.2, 0.25) is 0 Å². The minimum Gasteiger partial charge on any atom is -0.147 e. The molecule has 0 bridgehead atoms. The van der Waals surface area contributed by atoms with E-state index in [0.29, 0.717) is 11.8 Å². The lowest BCUT2D eigenvalue weighted by Crippen LogP contribution is -1.96. The first-order chi connectivity index (χ1) is 7.26. The molecular formula is C15H22Cl2. The largest absolute Gasteiger partial charge is 0.147 e. The van der Waals surface area contributed by atoms with E-state index in [0.717, 1.165) is 0 Å². The second-order valence-corrected chi connectivity index (χ2v) is 4.57. The molecular weight excluding hydrogens is 251 g/mol. The molecule has 1 aliphatic rings. The Morgan fingerprint density at radius 1 is 1.18 bits per heavy atom. The second-order valence-electron chi connectivity index (χ2n) is 4.57. The van der Waals surface area contributed by atoms with Gasteiger partial charge in [0.15, 0.2) is 0 Å². The van der Waals surface area contributed by atoms with E-state index < -0.39 is 0 Å². The van der Waals surface area contributed by atoms with Crippen LogP contribution < -0.4 is 0 Å². The molecule has 0 N–H and O–H groups in total. The van der Waals surface area contributed by atoms with Crippen molar-refractivity contribution in [1.82, 2.24) is 0 Å². The van der Waals surface area contributed by atoms with Crippen LogP contribution in [0.15, 0.2) is 24.3 Å². The molecule has 1 aliphatic carbocycles. The van der Waals surface area contributed by atoms with E-state index in [2.05, 4.69) is 51.1 Å². The minimum atomic E-state index is 0. The Kier molecular flexibility index (Phi) is 6.89. The van der Waals surface area contributed by atoms with E-state index >= 15 is 0 Å². The van der Waals surface area contributed by atoms with Gasteiger partial charge in [0.25, 0.3) is 0 Å². The molecule has 0 amide bonds. The third-order valence-corrected chi connectivity index (χ3v) is 3.64. The molecule has 0 fully saturated rings. The van der Waals surface area contributed by atoms with Gasteiger partial charge < -0.3 is 0 Å². The summed E-state index contributed by atoms with van der Waals surface area (Å²) < 4.78 is 0. The Morgan fingerprint density at radius 2 is 1.88 bits per heavy atom. The monoisotopic (exact) mass is 272 g/mol. The Hall–Kier alpha value is -0.460. The highest BCUT2D eigenvalue weighted by Crippen LogP contribution is 2.34. The number of hydrogen-bond acceptors (Lipinski definition) is 0. The van der Waals surface area contributed by atoms with Crippen molar-refractivity contribution in [3.63, 3.8) is 0 Å². The van der Waals surface area contributed by atoms with E-state index in [-0.39, 0.29) is 24.8 Å². The van der Waals surface area contributed by atoms with Crippen LogP contribution in [0.1, 0.15) is 62.1 Å². The first-order valence-electron chi connectivity index (χ1n) is 6.08. The Morgan fingerprint density at radius 3 is 2.47 bits per heavy atom. The summed E-state index contributed by atoms with van der Waals surface area (Å²) in [7, 11) is 0. The van der Waals surface area contributed by atoms with Crippen LogP contribution in [0, 0.1) is 0 Å². The van der Waals surface area contributed by atoms with E-state index in [9.17, 15) is 0 Å². The molecule has 96 valence electrons. The average Bonchev–Trinajstić information content (AvgIpc) is 2.69. The minimum absolute atomic E-state index is 0. The number of fused-ring (bicyclic) bond motifs is 1. The van der Waals surface area contributed by atoms with Crippen LogP contribution in [0.4, 0.5) is 0 Å². The van der Waals surface area contributed by atoms with Crippen LogP contribution in [0.3, 0.4) is 0 Å². The quantitative estimate of drug-likeness (QED) is 0.676. The Bertz CT molecular complexity index is 383. The summed E-state index contributed by atoms with van der Waals surface area (Å²) in [6, 6.07) is 6.98. The highest BCUT2D eigenvalue weighted by molar-refractivity contribution is 5.85. The number of benzene rings is 1. The van der Waals surface area contributed by atoms with Crippen LogP contribution in [-0.4, -0.2) is 0 Å². The molecule has 2 rings (SSSR count). The summed E-state index contributed by atoms with van der Waals surface area (Å²) in [4.78, 5) is 0. The molecule has 1 aromatic rings. The van der Waals surface area contributed by atoms with Crippen LogP contribution in [0.2, 0.25) is 0 Å². The van der Waals surface area contributed by atoms with Gasteiger partial charge in [-0.15, -0.1) is 24.8 Å². The van der Waals surface area contributed by atoms with Crippen molar-refractivity contribution in [2.24, 2.45) is 0 Å². The fourth-order valence-electron chi connectivity index (χ4n) is 2.29. The third-order valence-electron chi connectivity index (χ3n) is 3.64. The lowest BCUT2D eigenvalue weighted by Gasteiger charge is -2.14. The van der Waals surface area contributed by atoms with Gasteiger partial charge in [0.1, 0.15) is 0 Å². The van der Waals surface area contributed by atoms with Gasteiger partial charge in [0, 0.05) is 5.92 Å². The van der Waals surface area contributed by atoms with Crippen molar-refractivity contribution < 1.29 is 0 Å². The predicted molar refractivity (Wildman–Crippen MR) is 81.7 cm³/mol. The van der Waals surface area contributed by atoms with E-state index in [1.165, 1.54) is 29.5 Å². The maximum atomic E-state index is 2.41. The van der Waals surface area contributed by atoms with Crippen LogP contribution >= 0.6 is 24.8 Å². The molecule has 0 aromatic heterocycles. The highest BCUT2D eigenvalue weighted by atomic mass is 35.5. The lowest BCUT2D eigenvalue weighted by molar-refractivity contribution is 0.728.